The van der Waals surface area contributed by atoms with Crippen LogP contribution in [-0.2, 0) is 42.8 Å². The van der Waals surface area contributed by atoms with E-state index < -0.39 is 37.8 Å². The fourth-order valence-electron chi connectivity index (χ4n) is 5.19. The molecule has 0 aliphatic carbocycles. The number of hydrogen-bond donors (Lipinski definition) is 4. The summed E-state index contributed by atoms with van der Waals surface area (Å²) >= 11 is 4.64. The predicted octanol–water partition coefficient (Wildman–Crippen LogP) is 7.92. The van der Waals surface area contributed by atoms with Gasteiger partial charge in [-0.05, 0) is 83.4 Å². The number of ether oxygens (including phenoxy) is 2. The number of amides is 3. The minimum atomic E-state index is -4.10. The van der Waals surface area contributed by atoms with E-state index in [-0.39, 0.29) is 33.8 Å². The Morgan fingerprint density at radius 1 is 0.548 bits per heavy atom. The summed E-state index contributed by atoms with van der Waals surface area (Å²) in [4.78, 5) is 45.3. The molecule has 0 unspecified atom stereocenters. The lowest BCUT2D eigenvalue weighted by Crippen LogP contribution is -2.29. The van der Waals surface area contributed by atoms with Crippen molar-refractivity contribution < 1.29 is 45.5 Å². The van der Waals surface area contributed by atoms with Gasteiger partial charge >= 0.3 is 0 Å². The number of nitrogens with one attached hydrogen (secondary N) is 3. The van der Waals surface area contributed by atoms with Crippen molar-refractivity contribution in [3.63, 3.8) is 0 Å². The minimum Gasteiger partial charge on any atom is -0.489 e. The Kier molecular flexibility index (Phi) is 19.0. The Labute approximate surface area is 366 Å². The molecule has 0 bridgehead atoms. The fraction of sp³-hybridized carbons (Fsp3) is 0.111. The highest BCUT2D eigenvalue weighted by molar-refractivity contribution is 7.90. The largest absolute Gasteiger partial charge is 0.489 e. The van der Waals surface area contributed by atoms with Gasteiger partial charge in [0.25, 0.3) is 21.8 Å². The lowest BCUT2D eigenvalue weighted by molar-refractivity contribution is -0.117. The maximum absolute atomic E-state index is 12.7. The second-order valence-corrected chi connectivity index (χ2v) is 16.4. The summed E-state index contributed by atoms with van der Waals surface area (Å²) in [5.41, 5.74) is 2.82. The predicted molar refractivity (Wildman–Crippen MR) is 239 cm³/mol. The van der Waals surface area contributed by atoms with E-state index in [4.69, 9.17) is 14.6 Å². The molecule has 0 aromatic heterocycles. The average molecular weight is 901 g/mol. The summed E-state index contributed by atoms with van der Waals surface area (Å²) in [6.45, 7) is 3.12. The number of halogens is 1. The number of primary sulfonamides is 1. The molecule has 0 spiro atoms. The van der Waals surface area contributed by atoms with E-state index in [9.17, 15) is 36.0 Å². The van der Waals surface area contributed by atoms with E-state index in [0.717, 1.165) is 18.1 Å². The Morgan fingerprint density at radius 3 is 1.32 bits per heavy atom. The van der Waals surface area contributed by atoms with Crippen LogP contribution in [0.2, 0.25) is 0 Å². The van der Waals surface area contributed by atoms with Crippen LogP contribution >= 0.6 is 11.6 Å². The molecule has 17 heteroatoms. The van der Waals surface area contributed by atoms with E-state index in [1.807, 2.05) is 65.4 Å². The van der Waals surface area contributed by atoms with Gasteiger partial charge in [-0.3, -0.25) is 19.2 Å². The van der Waals surface area contributed by atoms with Gasteiger partial charge in [-0.2, -0.15) is 0 Å². The van der Waals surface area contributed by atoms with Crippen LogP contribution < -0.4 is 30.0 Å². The van der Waals surface area contributed by atoms with Crippen LogP contribution in [-0.4, -0.2) is 39.8 Å². The first-order chi connectivity index (χ1) is 29.0. The third-order valence-corrected chi connectivity index (χ3v) is 10.3. The van der Waals surface area contributed by atoms with E-state index in [0.29, 0.717) is 35.8 Å². The molecule has 14 nitrogen and oxygen atoms in total. The molecule has 0 saturated heterocycles. The van der Waals surface area contributed by atoms with Crippen molar-refractivity contribution in [3.05, 3.63) is 180 Å². The van der Waals surface area contributed by atoms with Gasteiger partial charge in [-0.1, -0.05) is 104 Å². The molecule has 0 radical (unpaired) electrons. The fourth-order valence-corrected chi connectivity index (χ4v) is 7.04. The van der Waals surface area contributed by atoms with Crippen molar-refractivity contribution >= 4 is 66.0 Å². The molecular weight excluding hydrogens is 856 g/mol. The molecular formula is C45H45ClN4O10S2. The molecule has 3 amide bonds. The summed E-state index contributed by atoms with van der Waals surface area (Å²) in [6, 6.07) is 44.3. The van der Waals surface area contributed by atoms with Crippen LogP contribution in [0.4, 0.5) is 11.4 Å². The third kappa shape index (κ3) is 16.3. The quantitative estimate of drug-likeness (QED) is 0.0821. The number of hydrogen-bond acceptors (Lipinski definition) is 10. The first-order valence-electron chi connectivity index (χ1n) is 18.1. The average Bonchev–Trinajstić information content (AvgIpc) is 3.23. The summed E-state index contributed by atoms with van der Waals surface area (Å²) in [5.74, 6) is -0.654. The summed E-state index contributed by atoms with van der Waals surface area (Å²) < 4.78 is 61.3. The zero-order chi connectivity index (χ0) is 44.4. The van der Waals surface area contributed by atoms with Crippen LogP contribution in [0.5, 0.6) is 11.5 Å². The van der Waals surface area contributed by atoms with Gasteiger partial charge in [0.2, 0.25) is 21.2 Å². The zero-order valence-electron chi connectivity index (χ0n) is 32.8. The molecule has 0 fully saturated rings. The molecule has 0 heterocycles. The SMILES string of the molecule is C.CC(=O)Cl.CC(=O)NS(=O)(=O)c1ccccc1NC(=O)c1cccc(OCc2ccccc2)c1.NS(=O)(=O)c1ccccc1NC(=O)c1cccc(OCc2ccccc2)c1. The van der Waals surface area contributed by atoms with Gasteiger partial charge in [0.05, 0.1) is 11.4 Å². The topological polar surface area (TPSA) is 217 Å². The monoisotopic (exact) mass is 900 g/mol. The smallest absolute Gasteiger partial charge is 0.266 e. The Balaban J connectivity index is 0.000000301. The van der Waals surface area contributed by atoms with Crippen molar-refractivity contribution in [1.82, 2.24) is 4.72 Å². The normalized spacial score (nSPS) is 10.5. The number of nitrogens with two attached hydrogens (primary N) is 1. The van der Waals surface area contributed by atoms with Gasteiger partial charge in [0.15, 0.2) is 0 Å². The summed E-state index contributed by atoms with van der Waals surface area (Å²) in [6.07, 6.45) is 0. The second-order valence-electron chi connectivity index (χ2n) is 12.7. The van der Waals surface area contributed by atoms with Gasteiger partial charge < -0.3 is 20.1 Å². The highest BCUT2D eigenvalue weighted by Gasteiger charge is 2.21. The van der Waals surface area contributed by atoms with Gasteiger partial charge in [-0.15, -0.1) is 0 Å². The number of rotatable bonds is 13. The molecule has 5 N–H and O–H groups in total. The Hall–Kier alpha value is -6.85. The first-order valence-corrected chi connectivity index (χ1v) is 21.5. The van der Waals surface area contributed by atoms with E-state index in [1.54, 1.807) is 60.7 Å². The Morgan fingerprint density at radius 2 is 0.919 bits per heavy atom. The lowest BCUT2D eigenvalue weighted by atomic mass is 10.2. The number of para-hydroxylation sites is 2. The van der Waals surface area contributed by atoms with Gasteiger partial charge in [-0.25, -0.2) is 26.7 Å². The van der Waals surface area contributed by atoms with Gasteiger partial charge in [0, 0.05) is 25.0 Å². The van der Waals surface area contributed by atoms with Crippen molar-refractivity contribution in [2.45, 2.75) is 44.3 Å². The highest BCUT2D eigenvalue weighted by Crippen LogP contribution is 2.24. The molecule has 6 aromatic carbocycles. The lowest BCUT2D eigenvalue weighted by Gasteiger charge is -2.12. The maximum atomic E-state index is 12.7. The number of carbonyl (C=O) groups is 4. The standard InChI is InChI=1S/C22H20N2O5S.C20H18N2O4S.C2H3ClO.CH4/c1-16(25)24-30(27,28)21-13-6-5-12-20(21)23-22(26)18-10-7-11-19(14-18)29-15-17-8-3-2-4-9-17;21-27(24,25)19-12-5-4-11-18(19)22-20(23)16-9-6-10-17(13-16)26-14-15-7-2-1-3-8-15;1-2(3)4;/h2-14H,15H2,1H3,(H,23,26)(H,24,25);1-13H,14H2,(H,22,23)(H2,21,24,25);1H3;1H4. The van der Waals surface area contributed by atoms with E-state index in [1.165, 1.54) is 43.3 Å². The molecule has 62 heavy (non-hydrogen) atoms. The Bertz CT molecular complexity index is 2680. The highest BCUT2D eigenvalue weighted by atomic mass is 35.5. The van der Waals surface area contributed by atoms with Crippen LogP contribution in [0.15, 0.2) is 168 Å². The van der Waals surface area contributed by atoms with Gasteiger partial charge in [0.1, 0.15) is 34.5 Å². The minimum absolute atomic E-state index is 0. The molecule has 324 valence electrons. The van der Waals surface area contributed by atoms with Crippen LogP contribution in [0.3, 0.4) is 0 Å². The number of anilines is 2. The zero-order valence-corrected chi connectivity index (χ0v) is 35.2. The summed E-state index contributed by atoms with van der Waals surface area (Å²) in [7, 11) is -8.05. The van der Waals surface area contributed by atoms with Crippen molar-refractivity contribution in [1.29, 1.82) is 0 Å². The maximum Gasteiger partial charge on any atom is 0.266 e. The molecule has 0 aliphatic rings. The van der Waals surface area contributed by atoms with Crippen molar-refractivity contribution in [2.24, 2.45) is 5.14 Å². The van der Waals surface area contributed by atoms with Crippen LogP contribution in [0.1, 0.15) is 53.1 Å². The number of carbonyl (C=O) groups excluding carboxylic acids is 4. The van der Waals surface area contributed by atoms with Crippen LogP contribution in [0, 0.1) is 0 Å². The van der Waals surface area contributed by atoms with Crippen LogP contribution in [0.25, 0.3) is 0 Å². The molecule has 0 aliphatic heterocycles. The number of benzene rings is 6. The van der Waals surface area contributed by atoms with Crippen molar-refractivity contribution in [3.8, 4) is 11.5 Å². The van der Waals surface area contributed by atoms with E-state index >= 15 is 0 Å². The molecule has 6 aromatic rings. The second kappa shape index (κ2) is 23.8. The third-order valence-electron chi connectivity index (χ3n) is 7.83. The van der Waals surface area contributed by atoms with E-state index in [2.05, 4.69) is 22.2 Å². The number of sulfonamides is 2. The van der Waals surface area contributed by atoms with Crippen molar-refractivity contribution in [2.75, 3.05) is 10.6 Å². The molecule has 0 saturated carbocycles. The first kappa shape index (κ1) is 49.5. The molecule has 0 atom stereocenters. The summed E-state index contributed by atoms with van der Waals surface area (Å²) in [5, 5.41) is 9.99. The molecule has 6 rings (SSSR count).